The van der Waals surface area contributed by atoms with Gasteiger partial charge in [0.05, 0.1) is 11.4 Å². The molecule has 69 heavy (non-hydrogen) atoms. The summed E-state index contributed by atoms with van der Waals surface area (Å²) in [6, 6.07) is 30.8. The Kier molecular flexibility index (Phi) is 20.1. The van der Waals surface area contributed by atoms with Crippen LogP contribution in [0.3, 0.4) is 0 Å². The standard InChI is InChI=1S/C24H27N3O4S.C20H22N4O4S.C6H8N2/c1-2-3-14-27-21-15-19(22(28)12-11-18-8-7-13-26-17-18)16-23(32(25,29)30)24(21)31-20-9-5-4-6-10-20;1-2-3-9-23-17-12-15(20(25)24-11-10-22-14-24)13-18(29(21,26)27)19(17)28-16-7-5-4-6-8-16;7-4-6-2-1-3-8-5-6/h4-10,13,15-17,27H,2-3,11-12,14H2,1H3,(H2,25,29,30);4-8,10-14,23H,2-3,9H2,1H3,(H2,21,26,27);1-3,5H,4,7H2. The zero-order valence-corrected chi connectivity index (χ0v) is 40.0. The van der Waals surface area contributed by atoms with E-state index in [1.54, 1.807) is 85.5 Å². The number of unbranched alkanes of at least 4 members (excludes halogenated alkanes) is 2. The lowest BCUT2D eigenvalue weighted by molar-refractivity contribution is 0.0957. The van der Waals surface area contributed by atoms with Crippen molar-refractivity contribution >= 4 is 43.1 Å². The number of hydrogen-bond donors (Lipinski definition) is 5. The van der Waals surface area contributed by atoms with E-state index in [9.17, 15) is 26.4 Å². The third-order valence-corrected chi connectivity index (χ3v) is 11.8. The Morgan fingerprint density at radius 1 is 0.623 bits per heavy atom. The molecule has 0 saturated carbocycles. The molecule has 0 aliphatic rings. The first kappa shape index (κ1) is 52.7. The van der Waals surface area contributed by atoms with Crippen molar-refractivity contribution in [1.82, 2.24) is 19.5 Å². The van der Waals surface area contributed by atoms with Gasteiger partial charge in [0.15, 0.2) is 17.3 Å². The molecule has 8 N–H and O–H groups in total. The third kappa shape index (κ3) is 16.5. The van der Waals surface area contributed by atoms with Crippen molar-refractivity contribution in [1.29, 1.82) is 0 Å². The van der Waals surface area contributed by atoms with Gasteiger partial charge in [-0.15, -0.1) is 0 Å². The van der Waals surface area contributed by atoms with Crippen molar-refractivity contribution in [2.75, 3.05) is 23.7 Å². The molecule has 0 aliphatic heterocycles. The number of sulfonamides is 2. The minimum Gasteiger partial charge on any atom is -0.454 e. The molecule has 17 nitrogen and oxygen atoms in total. The first-order chi connectivity index (χ1) is 33.2. The zero-order valence-electron chi connectivity index (χ0n) is 38.4. The molecule has 0 unspecified atom stereocenters. The summed E-state index contributed by atoms with van der Waals surface area (Å²) in [4.78, 5) is 37.0. The van der Waals surface area contributed by atoms with E-state index >= 15 is 0 Å². The van der Waals surface area contributed by atoms with Crippen LogP contribution in [0.4, 0.5) is 11.4 Å². The van der Waals surface area contributed by atoms with E-state index in [0.717, 1.165) is 36.8 Å². The van der Waals surface area contributed by atoms with Crippen LogP contribution in [0, 0.1) is 0 Å². The van der Waals surface area contributed by atoms with Crippen LogP contribution < -0.4 is 36.1 Å². The monoisotopic (exact) mass is 975 g/mol. The fraction of sp³-hybridized carbons (Fsp3) is 0.220. The average Bonchev–Trinajstić information content (AvgIpc) is 3.90. The number of carbonyl (C=O) groups excluding carboxylic acids is 2. The lowest BCUT2D eigenvalue weighted by Crippen LogP contribution is -2.18. The summed E-state index contributed by atoms with van der Waals surface area (Å²) in [5.41, 5.74) is 8.51. The summed E-state index contributed by atoms with van der Waals surface area (Å²) in [6.45, 7) is 5.84. The van der Waals surface area contributed by atoms with E-state index in [0.29, 0.717) is 48.9 Å². The van der Waals surface area contributed by atoms with E-state index in [4.69, 9.17) is 25.5 Å². The number of ketones is 1. The number of para-hydroxylation sites is 2. The molecule has 19 heteroatoms. The number of rotatable bonds is 20. The van der Waals surface area contributed by atoms with Gasteiger partial charge in [0, 0.05) is 74.4 Å². The number of pyridine rings is 2. The highest BCUT2D eigenvalue weighted by atomic mass is 32.2. The number of anilines is 2. The number of nitrogens with one attached hydrogen (secondary N) is 2. The van der Waals surface area contributed by atoms with Crippen molar-refractivity contribution in [3.8, 4) is 23.0 Å². The van der Waals surface area contributed by atoms with E-state index in [2.05, 4.69) is 32.5 Å². The van der Waals surface area contributed by atoms with Gasteiger partial charge < -0.3 is 25.8 Å². The lowest BCUT2D eigenvalue weighted by Gasteiger charge is -2.18. The fourth-order valence-electron chi connectivity index (χ4n) is 6.39. The molecule has 0 spiro atoms. The molecule has 0 bridgehead atoms. The van der Waals surface area contributed by atoms with Crippen LogP contribution in [-0.2, 0) is 33.0 Å². The molecule has 0 fully saturated rings. The molecule has 4 aromatic carbocycles. The van der Waals surface area contributed by atoms with Crippen LogP contribution >= 0.6 is 0 Å². The number of hydrogen-bond acceptors (Lipinski definition) is 14. The van der Waals surface area contributed by atoms with Gasteiger partial charge in [-0.25, -0.2) is 32.1 Å². The molecule has 0 atom stereocenters. The molecule has 7 rings (SSSR count). The number of ether oxygens (including phenoxy) is 2. The number of primary sulfonamides is 2. The Hall–Kier alpha value is -7.29. The van der Waals surface area contributed by atoms with Crippen molar-refractivity contribution in [3.63, 3.8) is 0 Å². The first-order valence-electron chi connectivity index (χ1n) is 22.1. The van der Waals surface area contributed by atoms with Crippen molar-refractivity contribution in [2.45, 2.75) is 68.7 Å². The van der Waals surface area contributed by atoms with E-state index in [1.165, 1.54) is 35.4 Å². The van der Waals surface area contributed by atoms with Crippen molar-refractivity contribution < 1.29 is 35.9 Å². The maximum Gasteiger partial charge on any atom is 0.263 e. The molecular weight excluding hydrogens is 919 g/mol. The summed E-state index contributed by atoms with van der Waals surface area (Å²) < 4.78 is 62.6. The molecule has 362 valence electrons. The summed E-state index contributed by atoms with van der Waals surface area (Å²) in [5.74, 6) is 0.424. The number of aryl methyl sites for hydroxylation is 1. The summed E-state index contributed by atoms with van der Waals surface area (Å²) in [7, 11) is -8.33. The molecule has 0 saturated heterocycles. The molecule has 0 aliphatic carbocycles. The highest BCUT2D eigenvalue weighted by Crippen LogP contribution is 2.39. The normalized spacial score (nSPS) is 11.0. The maximum atomic E-state index is 12.9. The van der Waals surface area contributed by atoms with Crippen LogP contribution in [-0.4, -0.2) is 61.1 Å². The fourth-order valence-corrected chi connectivity index (χ4v) is 7.80. The number of benzene rings is 4. The Morgan fingerprint density at radius 3 is 1.54 bits per heavy atom. The Labute approximate surface area is 403 Å². The van der Waals surface area contributed by atoms with E-state index in [-0.39, 0.29) is 44.6 Å². The molecule has 3 aromatic heterocycles. The predicted molar refractivity (Wildman–Crippen MR) is 266 cm³/mol. The minimum absolute atomic E-state index is 0.0528. The molecular formula is C50H57N9O8S2. The van der Waals surface area contributed by atoms with E-state index in [1.807, 2.05) is 43.3 Å². The number of Topliss-reactive ketones (excluding diaryl/α,β-unsaturated/α-hetero) is 1. The van der Waals surface area contributed by atoms with Gasteiger partial charge in [0.2, 0.25) is 20.0 Å². The maximum absolute atomic E-state index is 12.9. The molecule has 7 aromatic rings. The van der Waals surface area contributed by atoms with Gasteiger partial charge in [0.25, 0.3) is 5.91 Å². The van der Waals surface area contributed by atoms with Crippen LogP contribution in [0.1, 0.15) is 77.8 Å². The second-order valence-electron chi connectivity index (χ2n) is 15.3. The molecule has 3 heterocycles. The van der Waals surface area contributed by atoms with Crippen molar-refractivity contribution in [3.05, 3.63) is 175 Å². The number of nitrogens with zero attached hydrogens (tertiary/aromatic N) is 4. The van der Waals surface area contributed by atoms with E-state index < -0.39 is 26.0 Å². The summed E-state index contributed by atoms with van der Waals surface area (Å²) in [6.07, 6.45) is 15.5. The van der Waals surface area contributed by atoms with Gasteiger partial charge in [-0.05, 0) is 91.1 Å². The Morgan fingerprint density at radius 2 is 1.12 bits per heavy atom. The highest BCUT2D eigenvalue weighted by Gasteiger charge is 2.25. The van der Waals surface area contributed by atoms with Crippen LogP contribution in [0.2, 0.25) is 0 Å². The number of imidazole rings is 1. The smallest absolute Gasteiger partial charge is 0.263 e. The highest BCUT2D eigenvalue weighted by molar-refractivity contribution is 7.89. The second kappa shape index (κ2) is 26.3. The van der Waals surface area contributed by atoms with Crippen LogP contribution in [0.25, 0.3) is 0 Å². The third-order valence-electron chi connectivity index (χ3n) is 9.97. The van der Waals surface area contributed by atoms with Gasteiger partial charge in [-0.3, -0.25) is 24.1 Å². The SMILES string of the molecule is CCCCNc1cc(C(=O)CCc2cccnc2)cc(S(N)(=O)=O)c1Oc1ccccc1.CCCCNc1cc(C(=O)n2ccnc2)cc(S(N)(=O)=O)c1Oc1ccccc1.NCc1cccnc1. The largest absolute Gasteiger partial charge is 0.454 e. The van der Waals surface area contributed by atoms with Gasteiger partial charge in [0.1, 0.15) is 27.6 Å². The Balaban J connectivity index is 0.000000222. The number of aromatic nitrogens is 4. The quantitative estimate of drug-likeness (QED) is 0.0355. The zero-order chi connectivity index (χ0) is 49.7. The number of carbonyl (C=O) groups is 2. The van der Waals surface area contributed by atoms with Gasteiger partial charge in [-0.1, -0.05) is 75.2 Å². The minimum atomic E-state index is -4.17. The van der Waals surface area contributed by atoms with Crippen LogP contribution in [0.5, 0.6) is 23.0 Å². The summed E-state index contributed by atoms with van der Waals surface area (Å²) >= 11 is 0. The predicted octanol–water partition coefficient (Wildman–Crippen LogP) is 8.31. The first-order valence-corrected chi connectivity index (χ1v) is 25.2. The average molecular weight is 976 g/mol. The topological polar surface area (TPSA) is 267 Å². The summed E-state index contributed by atoms with van der Waals surface area (Å²) in [5, 5.41) is 17.3. The van der Waals surface area contributed by atoms with Crippen molar-refractivity contribution in [2.24, 2.45) is 16.0 Å². The lowest BCUT2D eigenvalue weighted by atomic mass is 10.0. The van der Waals surface area contributed by atoms with Gasteiger partial charge >= 0.3 is 0 Å². The van der Waals surface area contributed by atoms with Gasteiger partial charge in [-0.2, -0.15) is 0 Å². The van der Waals surface area contributed by atoms with Crippen LogP contribution in [0.15, 0.2) is 162 Å². The molecule has 0 amide bonds. The number of nitrogens with two attached hydrogens (primary N) is 3. The molecule has 0 radical (unpaired) electrons. The second-order valence-corrected chi connectivity index (χ2v) is 18.4. The Bertz CT molecular complexity index is 2930.